The lowest BCUT2D eigenvalue weighted by Gasteiger charge is -2.44. The Morgan fingerprint density at radius 2 is 0.725 bits per heavy atom. The first kappa shape index (κ1) is 51.2. The van der Waals surface area contributed by atoms with E-state index in [-0.39, 0.29) is 18.4 Å². The monoisotopic (exact) mass is 1020 g/mol. The first-order valence-corrected chi connectivity index (χ1v) is 18.9. The van der Waals surface area contributed by atoms with Crippen LogP contribution in [0.2, 0.25) is 0 Å². The average Bonchev–Trinajstić information content (AvgIpc) is 3.34. The summed E-state index contributed by atoms with van der Waals surface area (Å²) >= 11 is 5.53. The van der Waals surface area contributed by atoms with Crippen LogP contribution in [0.3, 0.4) is 0 Å². The molecule has 26 heteroatoms. The standard InChI is InChI=1S/C24BF20.C19H15ClNO3/c26-5-1(6(27)14(35)21(42)13(5)34)25(2-7(28)15(36)22(43)16(37)8(2)29,3-9(30)17(38)23(44)18(39)10(3)31)4-11(32)19(40)24(45)20(41)12(4)33;20-13-24-19(23)18-16-9-5-4-6-14(16)10-11-21(18)12-17(22)15-7-2-1-3-8-15/h;1-11H,12-13H2/q-1;+1. The fraction of sp³-hybridized carbons (Fsp3) is 0.0465. The van der Waals surface area contributed by atoms with Crippen molar-refractivity contribution in [2.75, 3.05) is 6.07 Å². The zero-order chi connectivity index (χ0) is 51.3. The van der Waals surface area contributed by atoms with E-state index in [2.05, 4.69) is 0 Å². The Kier molecular flexibility index (Phi) is 14.4. The Balaban J connectivity index is 0.000000273. The van der Waals surface area contributed by atoms with E-state index in [1.54, 1.807) is 35.0 Å². The maximum absolute atomic E-state index is 15.4. The highest BCUT2D eigenvalue weighted by molar-refractivity contribution is 7.20. The summed E-state index contributed by atoms with van der Waals surface area (Å²) in [5.74, 6) is -72.0. The second kappa shape index (κ2) is 19.4. The fourth-order valence-corrected chi connectivity index (χ4v) is 7.58. The van der Waals surface area contributed by atoms with Gasteiger partial charge in [-0.3, -0.25) is 4.79 Å². The smallest absolute Gasteiger partial charge is 0.405 e. The minimum absolute atomic E-state index is 0.0432. The van der Waals surface area contributed by atoms with Gasteiger partial charge in [0.25, 0.3) is 5.69 Å². The van der Waals surface area contributed by atoms with Crippen molar-refractivity contribution in [1.29, 1.82) is 0 Å². The van der Waals surface area contributed by atoms with Crippen molar-refractivity contribution >= 4 is 62.1 Å². The molecule has 0 saturated carbocycles. The molecule has 0 spiro atoms. The van der Waals surface area contributed by atoms with Crippen molar-refractivity contribution in [2.45, 2.75) is 6.54 Å². The molecule has 0 aliphatic rings. The largest absolute Gasteiger partial charge is 0.441 e. The van der Waals surface area contributed by atoms with Gasteiger partial charge in [-0.25, -0.2) is 92.6 Å². The Labute approximate surface area is 375 Å². The predicted molar refractivity (Wildman–Crippen MR) is 200 cm³/mol. The number of nitrogens with zero attached hydrogens (tertiary/aromatic N) is 1. The Morgan fingerprint density at radius 1 is 0.420 bits per heavy atom. The topological polar surface area (TPSA) is 47.2 Å². The summed E-state index contributed by atoms with van der Waals surface area (Å²) in [5, 5.41) is 1.61. The van der Waals surface area contributed by atoms with Gasteiger partial charge in [0.15, 0.2) is 82.1 Å². The first-order chi connectivity index (χ1) is 32.4. The molecule has 1 aromatic heterocycles. The molecule has 0 unspecified atom stereocenters. The third-order valence-corrected chi connectivity index (χ3v) is 10.5. The zero-order valence-corrected chi connectivity index (χ0v) is 33.7. The van der Waals surface area contributed by atoms with Gasteiger partial charge in [0.05, 0.1) is 5.39 Å². The van der Waals surface area contributed by atoms with Gasteiger partial charge in [0, 0.05) is 11.6 Å². The maximum atomic E-state index is 15.4. The number of Topliss-reactive ketones (excluding diaryl/α,β-unsaturated/α-hetero) is 1. The highest BCUT2D eigenvalue weighted by atomic mass is 35.5. The molecule has 0 atom stereocenters. The van der Waals surface area contributed by atoms with E-state index in [4.69, 9.17) is 16.3 Å². The lowest BCUT2D eigenvalue weighted by Crippen LogP contribution is -2.81. The average molecular weight is 1020 g/mol. The van der Waals surface area contributed by atoms with Crippen molar-refractivity contribution in [3.8, 4) is 0 Å². The molecule has 4 nitrogen and oxygen atoms in total. The first-order valence-electron chi connectivity index (χ1n) is 18.4. The Morgan fingerprint density at radius 3 is 1.06 bits per heavy atom. The van der Waals surface area contributed by atoms with Gasteiger partial charge in [-0.1, -0.05) is 60.1 Å². The number of carbonyl (C=O) groups excluding carboxylic acids is 2. The number of ketones is 1. The number of aromatic nitrogens is 1. The lowest BCUT2D eigenvalue weighted by molar-refractivity contribution is -0.684. The van der Waals surface area contributed by atoms with Gasteiger partial charge in [0.1, 0.15) is 52.7 Å². The van der Waals surface area contributed by atoms with E-state index in [1.165, 1.54) is 0 Å². The highest BCUT2D eigenvalue weighted by Crippen LogP contribution is 2.31. The van der Waals surface area contributed by atoms with Gasteiger partial charge < -0.3 is 4.74 Å². The van der Waals surface area contributed by atoms with Crippen LogP contribution in [0.5, 0.6) is 0 Å². The molecule has 7 rings (SSSR count). The minimum Gasteiger partial charge on any atom is -0.441 e. The number of pyridine rings is 1. The molecule has 360 valence electrons. The number of fused-ring (bicyclic) bond motifs is 1. The maximum Gasteiger partial charge on any atom is 0.405 e. The lowest BCUT2D eigenvalue weighted by atomic mass is 9.12. The summed E-state index contributed by atoms with van der Waals surface area (Å²) in [4.78, 5) is 24.8. The van der Waals surface area contributed by atoms with Crippen LogP contribution in [0.1, 0.15) is 20.8 Å². The van der Waals surface area contributed by atoms with Gasteiger partial charge in [0.2, 0.25) is 12.3 Å². The predicted octanol–water partition coefficient (Wildman–Crippen LogP) is 9.21. The van der Waals surface area contributed by atoms with E-state index in [9.17, 15) is 62.3 Å². The minimum atomic E-state index is -7.22. The second-order valence-corrected chi connectivity index (χ2v) is 14.2. The molecule has 1 heterocycles. The van der Waals surface area contributed by atoms with Crippen molar-refractivity contribution in [3.63, 3.8) is 0 Å². The molecule has 0 aliphatic carbocycles. The molecule has 0 radical (unpaired) electrons. The number of hydrogen-bond acceptors (Lipinski definition) is 3. The summed E-state index contributed by atoms with van der Waals surface area (Å²) in [6.07, 6.45) is -5.50. The van der Waals surface area contributed by atoms with E-state index >= 15 is 35.1 Å². The SMILES string of the molecule is Fc1c(F)c(F)c([B-](c2c(F)c(F)c(F)c(F)c2F)(c2c(F)c(F)c(F)c(F)c2F)c2c(F)c(F)c(F)c(F)c2F)c(F)c1F.O=C(C[n+]1ccc2ccccc2c1C(=O)OCCl)c1ccccc1. The number of hydrogen-bond donors (Lipinski definition) is 0. The number of benzene rings is 6. The second-order valence-electron chi connectivity index (χ2n) is 14.0. The van der Waals surface area contributed by atoms with Gasteiger partial charge in [-0.05, 0) is 11.5 Å². The molecular weight excluding hydrogens is 1000 g/mol. The number of carbonyl (C=O) groups is 2. The van der Waals surface area contributed by atoms with Crippen LogP contribution in [0, 0.1) is 116 Å². The summed E-state index contributed by atoms with van der Waals surface area (Å²) < 4.78 is 301. The number of ether oxygens (including phenoxy) is 1. The summed E-state index contributed by atoms with van der Waals surface area (Å²) in [7, 11) is 0. The van der Waals surface area contributed by atoms with E-state index in [0.717, 1.165) is 10.8 Å². The van der Waals surface area contributed by atoms with E-state index in [1.807, 2.05) is 36.4 Å². The summed E-state index contributed by atoms with van der Waals surface area (Å²) in [6, 6.07) is 18.0. The molecule has 6 aromatic carbocycles. The molecule has 69 heavy (non-hydrogen) atoms. The normalized spacial score (nSPS) is 11.5. The molecule has 0 amide bonds. The van der Waals surface area contributed by atoms with Gasteiger partial charge in [-0.2, -0.15) is 4.57 Å². The molecular formula is C43H15BClF20NO3. The highest BCUT2D eigenvalue weighted by Gasteiger charge is 2.52. The number of halogens is 21. The van der Waals surface area contributed by atoms with Crippen molar-refractivity contribution in [1.82, 2.24) is 0 Å². The van der Waals surface area contributed by atoms with Crippen LogP contribution < -0.4 is 26.4 Å². The molecule has 0 bridgehead atoms. The molecule has 7 aromatic rings. The van der Waals surface area contributed by atoms with Crippen molar-refractivity contribution in [3.05, 3.63) is 194 Å². The van der Waals surface area contributed by atoms with Gasteiger partial charge in [-0.15, -0.1) is 21.9 Å². The zero-order valence-electron chi connectivity index (χ0n) is 33.0. The molecule has 0 fully saturated rings. The third-order valence-electron chi connectivity index (χ3n) is 10.4. The Hall–Kier alpha value is -7.18. The number of alkyl halides is 1. The van der Waals surface area contributed by atoms with Crippen molar-refractivity contribution < 1.29 is 107 Å². The fourth-order valence-electron chi connectivity index (χ4n) is 7.48. The van der Waals surface area contributed by atoms with Crippen LogP contribution >= 0.6 is 11.6 Å². The van der Waals surface area contributed by atoms with Crippen LogP contribution in [0.15, 0.2) is 66.9 Å². The van der Waals surface area contributed by atoms with E-state index in [0.29, 0.717) is 11.3 Å². The van der Waals surface area contributed by atoms with Crippen LogP contribution in [-0.2, 0) is 11.3 Å². The van der Waals surface area contributed by atoms with Crippen LogP contribution in [-0.4, -0.2) is 24.0 Å². The Bertz CT molecular complexity index is 2890. The molecule has 0 aliphatic heterocycles. The molecule has 0 N–H and O–H groups in total. The number of esters is 1. The van der Waals surface area contributed by atoms with E-state index < -0.39 is 150 Å². The van der Waals surface area contributed by atoms with Gasteiger partial charge >= 0.3 is 5.97 Å². The van der Waals surface area contributed by atoms with Crippen LogP contribution in [0.25, 0.3) is 10.8 Å². The van der Waals surface area contributed by atoms with Crippen molar-refractivity contribution in [2.24, 2.45) is 0 Å². The third kappa shape index (κ3) is 8.24. The quantitative estimate of drug-likeness (QED) is 0.0212. The molecule has 0 saturated heterocycles. The van der Waals surface area contributed by atoms with Crippen LogP contribution in [0.4, 0.5) is 87.8 Å². The number of rotatable bonds is 9. The summed E-state index contributed by atoms with van der Waals surface area (Å²) in [5.41, 5.74) is -13.4. The summed E-state index contributed by atoms with van der Waals surface area (Å²) in [6.45, 7) is 0.0432.